The van der Waals surface area contributed by atoms with Crippen LogP contribution in [0.25, 0.3) is 0 Å². The summed E-state index contributed by atoms with van der Waals surface area (Å²) >= 11 is 0. The van der Waals surface area contributed by atoms with Crippen LogP contribution >= 0.6 is 0 Å². The standard InChI is InChI=1S/C8H12N4O/c1-7-4-8(2-3-13-7)11-12-5-9-10-6-12/h5-7H,2-4H2,1H3/b11-8+. The van der Waals surface area contributed by atoms with E-state index in [-0.39, 0.29) is 6.10 Å². The van der Waals surface area contributed by atoms with Crippen LogP contribution in [0.5, 0.6) is 0 Å². The Hall–Kier alpha value is -1.23. The molecule has 1 unspecified atom stereocenters. The molecule has 0 aliphatic carbocycles. The molecular formula is C8H12N4O. The van der Waals surface area contributed by atoms with Crippen molar-refractivity contribution in [3.8, 4) is 0 Å². The summed E-state index contributed by atoms with van der Waals surface area (Å²) in [4.78, 5) is 0. The van der Waals surface area contributed by atoms with Gasteiger partial charge in [0.2, 0.25) is 0 Å². The van der Waals surface area contributed by atoms with Crippen LogP contribution in [0, 0.1) is 0 Å². The molecule has 1 aromatic heterocycles. The van der Waals surface area contributed by atoms with Crippen LogP contribution in [0.3, 0.4) is 0 Å². The molecule has 5 nitrogen and oxygen atoms in total. The second kappa shape index (κ2) is 3.66. The molecular weight excluding hydrogens is 168 g/mol. The highest BCUT2D eigenvalue weighted by atomic mass is 16.5. The quantitative estimate of drug-likeness (QED) is 0.638. The maximum atomic E-state index is 5.41. The molecule has 5 heteroatoms. The lowest BCUT2D eigenvalue weighted by atomic mass is 10.1. The van der Waals surface area contributed by atoms with E-state index >= 15 is 0 Å². The van der Waals surface area contributed by atoms with E-state index in [0.29, 0.717) is 0 Å². The van der Waals surface area contributed by atoms with Crippen LogP contribution in [0.2, 0.25) is 0 Å². The van der Waals surface area contributed by atoms with Crippen LogP contribution in [0.4, 0.5) is 0 Å². The third-order valence-corrected chi connectivity index (χ3v) is 1.98. The number of aromatic nitrogens is 3. The van der Waals surface area contributed by atoms with E-state index in [1.165, 1.54) is 0 Å². The van der Waals surface area contributed by atoms with Crippen LogP contribution in [0.1, 0.15) is 19.8 Å². The van der Waals surface area contributed by atoms with Gasteiger partial charge >= 0.3 is 0 Å². The Morgan fingerprint density at radius 1 is 1.54 bits per heavy atom. The van der Waals surface area contributed by atoms with Crippen LogP contribution < -0.4 is 0 Å². The monoisotopic (exact) mass is 180 g/mol. The van der Waals surface area contributed by atoms with Gasteiger partial charge in [0.15, 0.2) is 0 Å². The predicted octanol–water partition coefficient (Wildman–Crippen LogP) is 0.681. The van der Waals surface area contributed by atoms with Gasteiger partial charge in [-0.15, -0.1) is 10.2 Å². The van der Waals surface area contributed by atoms with Crippen molar-refractivity contribution in [3.63, 3.8) is 0 Å². The maximum absolute atomic E-state index is 5.41. The summed E-state index contributed by atoms with van der Waals surface area (Å²) in [7, 11) is 0. The van der Waals surface area contributed by atoms with Crippen molar-refractivity contribution >= 4 is 5.71 Å². The summed E-state index contributed by atoms with van der Waals surface area (Å²) in [5, 5.41) is 11.7. The average molecular weight is 180 g/mol. The van der Waals surface area contributed by atoms with E-state index in [1.54, 1.807) is 17.3 Å². The Morgan fingerprint density at radius 2 is 2.31 bits per heavy atom. The van der Waals surface area contributed by atoms with Gasteiger partial charge in [-0.05, 0) is 6.92 Å². The topological polar surface area (TPSA) is 52.3 Å². The summed E-state index contributed by atoms with van der Waals surface area (Å²) in [5.74, 6) is 0. The second-order valence-electron chi connectivity index (χ2n) is 3.14. The second-order valence-corrected chi connectivity index (χ2v) is 3.14. The molecule has 2 rings (SSSR count). The normalized spacial score (nSPS) is 26.5. The van der Waals surface area contributed by atoms with Gasteiger partial charge in [0.25, 0.3) is 0 Å². The van der Waals surface area contributed by atoms with Crippen LogP contribution in [0.15, 0.2) is 17.8 Å². The van der Waals surface area contributed by atoms with E-state index in [9.17, 15) is 0 Å². The minimum atomic E-state index is 0.281. The van der Waals surface area contributed by atoms with E-state index in [4.69, 9.17) is 4.74 Å². The van der Waals surface area contributed by atoms with Crippen molar-refractivity contribution in [1.29, 1.82) is 0 Å². The third kappa shape index (κ3) is 2.12. The highest BCUT2D eigenvalue weighted by Crippen LogP contribution is 2.10. The Bertz CT molecular complexity index is 293. The number of rotatable bonds is 1. The zero-order chi connectivity index (χ0) is 9.10. The highest BCUT2D eigenvalue weighted by molar-refractivity contribution is 5.85. The van der Waals surface area contributed by atoms with Gasteiger partial charge in [0.1, 0.15) is 12.7 Å². The first kappa shape index (κ1) is 8.37. The van der Waals surface area contributed by atoms with Gasteiger partial charge < -0.3 is 4.74 Å². The van der Waals surface area contributed by atoms with Crippen LogP contribution in [-0.2, 0) is 4.74 Å². The molecule has 0 N–H and O–H groups in total. The molecule has 0 radical (unpaired) electrons. The zero-order valence-electron chi connectivity index (χ0n) is 7.55. The van der Waals surface area contributed by atoms with Gasteiger partial charge in [-0.1, -0.05) is 0 Å². The summed E-state index contributed by atoms with van der Waals surface area (Å²) in [6.07, 6.45) is 5.27. The van der Waals surface area contributed by atoms with Gasteiger partial charge in [-0.25, -0.2) is 4.68 Å². The molecule has 1 aromatic rings. The minimum Gasteiger partial charge on any atom is -0.378 e. The van der Waals surface area contributed by atoms with Crippen molar-refractivity contribution in [2.24, 2.45) is 5.10 Å². The molecule has 1 fully saturated rings. The highest BCUT2D eigenvalue weighted by Gasteiger charge is 2.14. The molecule has 0 amide bonds. The molecule has 1 atom stereocenters. The first-order chi connectivity index (χ1) is 6.34. The molecule has 0 bridgehead atoms. The first-order valence-electron chi connectivity index (χ1n) is 4.37. The zero-order valence-corrected chi connectivity index (χ0v) is 7.55. The smallest absolute Gasteiger partial charge is 0.141 e. The van der Waals surface area contributed by atoms with Crippen molar-refractivity contribution < 1.29 is 4.74 Å². The van der Waals surface area contributed by atoms with E-state index < -0.39 is 0 Å². The number of nitrogens with zero attached hydrogens (tertiary/aromatic N) is 4. The van der Waals surface area contributed by atoms with Gasteiger partial charge in [0, 0.05) is 18.6 Å². The Labute approximate surface area is 76.4 Å². The summed E-state index contributed by atoms with van der Waals surface area (Å²) < 4.78 is 7.04. The number of hydrogen-bond acceptors (Lipinski definition) is 4. The fraction of sp³-hybridized carbons (Fsp3) is 0.625. The fourth-order valence-electron chi connectivity index (χ4n) is 1.37. The number of ether oxygens (including phenoxy) is 1. The summed E-state index contributed by atoms with van der Waals surface area (Å²) in [6, 6.07) is 0. The van der Waals surface area contributed by atoms with Crippen molar-refractivity contribution in [1.82, 2.24) is 14.9 Å². The fourth-order valence-corrected chi connectivity index (χ4v) is 1.37. The van der Waals surface area contributed by atoms with Gasteiger partial charge in [-0.3, -0.25) is 0 Å². The Morgan fingerprint density at radius 3 is 3.00 bits per heavy atom. The Balaban J connectivity index is 2.07. The predicted molar refractivity (Wildman–Crippen MR) is 47.5 cm³/mol. The molecule has 0 spiro atoms. The first-order valence-corrected chi connectivity index (χ1v) is 4.37. The average Bonchev–Trinajstić information content (AvgIpc) is 2.57. The molecule has 0 aromatic carbocycles. The molecule has 70 valence electrons. The van der Waals surface area contributed by atoms with E-state index in [2.05, 4.69) is 22.2 Å². The summed E-state index contributed by atoms with van der Waals surface area (Å²) in [6.45, 7) is 2.82. The summed E-state index contributed by atoms with van der Waals surface area (Å²) in [5.41, 5.74) is 1.15. The maximum Gasteiger partial charge on any atom is 0.141 e. The minimum absolute atomic E-state index is 0.281. The van der Waals surface area contributed by atoms with E-state index in [0.717, 1.165) is 25.2 Å². The van der Waals surface area contributed by atoms with Crippen LogP contribution in [-0.4, -0.2) is 33.3 Å². The molecule has 2 heterocycles. The molecule has 13 heavy (non-hydrogen) atoms. The lowest BCUT2D eigenvalue weighted by Gasteiger charge is -2.19. The van der Waals surface area contributed by atoms with Gasteiger partial charge in [0.05, 0.1) is 12.7 Å². The molecule has 1 aliphatic rings. The third-order valence-electron chi connectivity index (χ3n) is 1.98. The lowest BCUT2D eigenvalue weighted by Crippen LogP contribution is -2.23. The van der Waals surface area contributed by atoms with Crippen molar-refractivity contribution in [3.05, 3.63) is 12.7 Å². The molecule has 1 saturated heterocycles. The SMILES string of the molecule is CC1C/C(=N/n2cnnc2)CCO1. The lowest BCUT2D eigenvalue weighted by molar-refractivity contribution is 0.0631. The molecule has 0 saturated carbocycles. The van der Waals surface area contributed by atoms with Crippen molar-refractivity contribution in [2.75, 3.05) is 6.61 Å². The molecule has 1 aliphatic heterocycles. The number of hydrogen-bond donors (Lipinski definition) is 0. The van der Waals surface area contributed by atoms with Gasteiger partial charge in [-0.2, -0.15) is 5.10 Å². The van der Waals surface area contributed by atoms with E-state index in [1.807, 2.05) is 0 Å². The van der Waals surface area contributed by atoms with Crippen molar-refractivity contribution in [2.45, 2.75) is 25.9 Å². The Kier molecular flexibility index (Phi) is 2.35. The largest absolute Gasteiger partial charge is 0.378 e.